The van der Waals surface area contributed by atoms with Crippen LogP contribution in [0.4, 0.5) is 13.2 Å². The highest BCUT2D eigenvalue weighted by molar-refractivity contribution is 6.12. The lowest BCUT2D eigenvalue weighted by molar-refractivity contribution is -0.137. The predicted octanol–water partition coefficient (Wildman–Crippen LogP) is 9.80. The fraction of sp³-hybridized carbons (Fsp3) is 0.0233. The summed E-state index contributed by atoms with van der Waals surface area (Å²) in [5.41, 5.74) is 1.31. The number of nitriles is 6. The standard InChI is InChI=1S/C43H17F3N8/c44-43(45,46)35-3-1-2-28(22-51)42(35)34-17-41(54-38-14-26(20-49)6-10-32(38)33-11-7-27(21-50)15-39(33)54)40(16-29(34)23-52)53-36-12-24(18-47)4-8-30(36)31-9-5-25(19-48)13-37(31)53/h1-17H. The molecule has 0 spiro atoms. The number of hydrogen-bond donors (Lipinski definition) is 0. The number of rotatable bonds is 3. The topological polar surface area (TPSA) is 153 Å². The number of benzene rings is 6. The Balaban J connectivity index is 1.66. The fourth-order valence-electron chi connectivity index (χ4n) is 7.24. The van der Waals surface area contributed by atoms with Gasteiger partial charge in [-0.3, -0.25) is 0 Å². The largest absolute Gasteiger partial charge is 0.417 e. The summed E-state index contributed by atoms with van der Waals surface area (Å²) in [4.78, 5) is 0. The molecule has 0 saturated heterocycles. The van der Waals surface area contributed by atoms with Crippen molar-refractivity contribution in [1.29, 1.82) is 31.6 Å². The molecule has 54 heavy (non-hydrogen) atoms. The summed E-state index contributed by atoms with van der Waals surface area (Å²) in [6, 6.07) is 38.7. The van der Waals surface area contributed by atoms with Crippen molar-refractivity contribution in [3.8, 4) is 58.9 Å². The van der Waals surface area contributed by atoms with Crippen LogP contribution in [0.15, 0.2) is 103 Å². The van der Waals surface area contributed by atoms with E-state index < -0.39 is 17.3 Å². The smallest absolute Gasteiger partial charge is 0.307 e. The average molecular weight is 703 g/mol. The number of nitrogens with zero attached hydrogens (tertiary/aromatic N) is 8. The fourth-order valence-corrected chi connectivity index (χ4v) is 7.24. The summed E-state index contributed by atoms with van der Waals surface area (Å²) < 4.78 is 47.6. The molecule has 0 N–H and O–H groups in total. The second kappa shape index (κ2) is 12.2. The Morgan fingerprint density at radius 1 is 0.426 bits per heavy atom. The normalized spacial score (nSPS) is 11.1. The van der Waals surface area contributed by atoms with E-state index >= 15 is 0 Å². The van der Waals surface area contributed by atoms with E-state index in [1.165, 1.54) is 18.2 Å². The summed E-state index contributed by atoms with van der Waals surface area (Å²) in [6.45, 7) is 0. The van der Waals surface area contributed by atoms with Gasteiger partial charge < -0.3 is 9.13 Å². The van der Waals surface area contributed by atoms with Gasteiger partial charge in [0.2, 0.25) is 0 Å². The molecule has 8 nitrogen and oxygen atoms in total. The molecule has 8 rings (SSSR count). The first-order valence-corrected chi connectivity index (χ1v) is 16.1. The van der Waals surface area contributed by atoms with Crippen LogP contribution >= 0.6 is 0 Å². The Morgan fingerprint density at radius 3 is 1.17 bits per heavy atom. The van der Waals surface area contributed by atoms with Crippen molar-refractivity contribution in [2.45, 2.75) is 6.18 Å². The van der Waals surface area contributed by atoms with Crippen LogP contribution in [0.25, 0.3) is 66.1 Å². The third-order valence-electron chi connectivity index (χ3n) is 9.53. The molecule has 6 aromatic carbocycles. The van der Waals surface area contributed by atoms with Gasteiger partial charge in [0.15, 0.2) is 0 Å². The van der Waals surface area contributed by atoms with E-state index in [0.717, 1.165) is 12.1 Å². The molecular weight excluding hydrogens is 686 g/mol. The van der Waals surface area contributed by atoms with Crippen molar-refractivity contribution in [1.82, 2.24) is 9.13 Å². The van der Waals surface area contributed by atoms with Crippen LogP contribution in [-0.4, -0.2) is 9.13 Å². The molecule has 0 radical (unpaired) electrons. The van der Waals surface area contributed by atoms with Crippen LogP contribution in [0.5, 0.6) is 0 Å². The van der Waals surface area contributed by atoms with Crippen LogP contribution in [0.2, 0.25) is 0 Å². The number of halogens is 3. The van der Waals surface area contributed by atoms with Gasteiger partial charge >= 0.3 is 6.18 Å². The lowest BCUT2D eigenvalue weighted by Crippen LogP contribution is -2.10. The molecule has 0 aliphatic rings. The zero-order chi connectivity index (χ0) is 37.9. The summed E-state index contributed by atoms with van der Waals surface area (Å²) in [5, 5.41) is 63.2. The second-order valence-electron chi connectivity index (χ2n) is 12.4. The lowest BCUT2D eigenvalue weighted by atomic mass is 9.90. The van der Waals surface area contributed by atoms with Gasteiger partial charge in [0.05, 0.1) is 109 Å². The number of hydrogen-bond acceptors (Lipinski definition) is 6. The highest BCUT2D eigenvalue weighted by atomic mass is 19.4. The SMILES string of the molecule is N#Cc1ccc2c3ccc(C#N)cc3n(-c3cc(C#N)c(-c4c(C#N)cccc4C(F)(F)F)cc3-n3c4cc(C#N)ccc4c4ccc(C#N)cc43)c2c1. The predicted molar refractivity (Wildman–Crippen MR) is 194 cm³/mol. The van der Waals surface area contributed by atoms with Crippen molar-refractivity contribution in [2.75, 3.05) is 0 Å². The van der Waals surface area contributed by atoms with Crippen molar-refractivity contribution in [3.63, 3.8) is 0 Å². The zero-order valence-electron chi connectivity index (χ0n) is 27.5. The molecule has 2 heterocycles. The van der Waals surface area contributed by atoms with E-state index in [9.17, 15) is 44.7 Å². The quantitative estimate of drug-likeness (QED) is 0.179. The third kappa shape index (κ3) is 4.87. The summed E-state index contributed by atoms with van der Waals surface area (Å²) in [5.74, 6) is 0. The van der Waals surface area contributed by atoms with E-state index in [-0.39, 0.29) is 39.2 Å². The lowest BCUT2D eigenvalue weighted by Gasteiger charge is -2.21. The van der Waals surface area contributed by atoms with E-state index in [2.05, 4.69) is 30.3 Å². The van der Waals surface area contributed by atoms with Crippen molar-refractivity contribution in [3.05, 3.63) is 142 Å². The van der Waals surface area contributed by atoms with Gasteiger partial charge in [-0.05, 0) is 72.8 Å². The second-order valence-corrected chi connectivity index (χ2v) is 12.4. The molecule has 0 fully saturated rings. The monoisotopic (exact) mass is 702 g/mol. The summed E-state index contributed by atoms with van der Waals surface area (Å²) >= 11 is 0. The van der Waals surface area contributed by atoms with Gasteiger partial charge in [-0.25, -0.2) is 0 Å². The maximum absolute atomic E-state index is 14.7. The van der Waals surface area contributed by atoms with Crippen molar-refractivity contribution in [2.24, 2.45) is 0 Å². The molecule has 11 heteroatoms. The van der Waals surface area contributed by atoms with Crippen LogP contribution in [0, 0.1) is 68.0 Å². The Kier molecular flexibility index (Phi) is 7.39. The van der Waals surface area contributed by atoms with E-state index in [0.29, 0.717) is 54.7 Å². The molecule has 0 atom stereocenters. The molecule has 0 amide bonds. The Bertz CT molecular complexity index is 3090. The Morgan fingerprint density at radius 2 is 0.815 bits per heavy atom. The molecule has 0 bridgehead atoms. The minimum absolute atomic E-state index is 0.181. The van der Waals surface area contributed by atoms with Crippen LogP contribution < -0.4 is 0 Å². The maximum Gasteiger partial charge on any atom is 0.417 e. The summed E-state index contributed by atoms with van der Waals surface area (Å²) in [6.07, 6.45) is -4.90. The molecule has 0 aliphatic heterocycles. The van der Waals surface area contributed by atoms with E-state index in [1.54, 1.807) is 81.9 Å². The highest BCUT2D eigenvalue weighted by Gasteiger charge is 2.36. The van der Waals surface area contributed by atoms with Crippen LogP contribution in [0.3, 0.4) is 0 Å². The Labute approximate surface area is 304 Å². The van der Waals surface area contributed by atoms with E-state index in [1.807, 2.05) is 6.07 Å². The molecule has 2 aromatic heterocycles. The minimum atomic E-state index is -4.90. The summed E-state index contributed by atoms with van der Waals surface area (Å²) in [7, 11) is 0. The first-order valence-electron chi connectivity index (χ1n) is 16.1. The van der Waals surface area contributed by atoms with Gasteiger partial charge in [0.1, 0.15) is 0 Å². The number of aromatic nitrogens is 2. The number of fused-ring (bicyclic) bond motifs is 6. The maximum atomic E-state index is 14.7. The van der Waals surface area contributed by atoms with Gasteiger partial charge in [0, 0.05) is 32.7 Å². The van der Waals surface area contributed by atoms with Crippen molar-refractivity contribution < 1.29 is 13.2 Å². The first-order chi connectivity index (χ1) is 26.1. The Hall–Kier alpha value is -8.35. The van der Waals surface area contributed by atoms with Gasteiger partial charge in [-0.2, -0.15) is 44.7 Å². The molecule has 8 aromatic rings. The van der Waals surface area contributed by atoms with Crippen molar-refractivity contribution >= 4 is 43.6 Å². The van der Waals surface area contributed by atoms with Crippen LogP contribution in [-0.2, 0) is 6.18 Å². The molecule has 0 aliphatic carbocycles. The number of alkyl halides is 3. The van der Waals surface area contributed by atoms with Gasteiger partial charge in [-0.1, -0.05) is 30.3 Å². The highest BCUT2D eigenvalue weighted by Crippen LogP contribution is 2.45. The minimum Gasteiger partial charge on any atom is -0.307 e. The first kappa shape index (κ1) is 32.8. The molecule has 0 unspecified atom stereocenters. The van der Waals surface area contributed by atoms with Crippen LogP contribution in [0.1, 0.15) is 38.9 Å². The average Bonchev–Trinajstić information content (AvgIpc) is 3.70. The van der Waals surface area contributed by atoms with Gasteiger partial charge in [-0.15, -0.1) is 0 Å². The van der Waals surface area contributed by atoms with E-state index in [4.69, 9.17) is 0 Å². The molecule has 0 saturated carbocycles. The zero-order valence-corrected chi connectivity index (χ0v) is 27.5. The molecular formula is C43H17F3N8. The molecule has 250 valence electrons. The van der Waals surface area contributed by atoms with Gasteiger partial charge in [0.25, 0.3) is 0 Å². The third-order valence-corrected chi connectivity index (χ3v) is 9.53.